The molecule has 1 heterocycles. The largest absolute Gasteiger partial charge is 0.493 e. The third-order valence-electron chi connectivity index (χ3n) is 4.38. The number of benzene rings is 2. The highest BCUT2D eigenvalue weighted by Crippen LogP contribution is 2.37. The van der Waals surface area contributed by atoms with Crippen LogP contribution >= 0.6 is 11.8 Å². The monoisotopic (exact) mass is 409 g/mol. The number of hydrogen-bond donors (Lipinski definition) is 0. The molecule has 6 heteroatoms. The van der Waals surface area contributed by atoms with E-state index < -0.39 is 0 Å². The second kappa shape index (κ2) is 9.47. The summed E-state index contributed by atoms with van der Waals surface area (Å²) in [6, 6.07) is 13.2. The van der Waals surface area contributed by atoms with Crippen LogP contribution in [0.5, 0.6) is 11.5 Å². The van der Waals surface area contributed by atoms with E-state index in [0.717, 1.165) is 28.5 Å². The Hall–Kier alpha value is -2.99. The molecule has 0 radical (unpaired) electrons. The van der Waals surface area contributed by atoms with Crippen LogP contribution in [0.15, 0.2) is 60.0 Å². The van der Waals surface area contributed by atoms with Gasteiger partial charge in [-0.1, -0.05) is 36.4 Å². The van der Waals surface area contributed by atoms with Gasteiger partial charge in [-0.25, -0.2) is 0 Å². The predicted octanol–water partition coefficient (Wildman–Crippen LogP) is 5.06. The highest BCUT2D eigenvalue weighted by atomic mass is 32.2. The van der Waals surface area contributed by atoms with E-state index in [4.69, 9.17) is 9.47 Å². The predicted molar refractivity (Wildman–Crippen MR) is 116 cm³/mol. The van der Waals surface area contributed by atoms with Crippen molar-refractivity contribution in [3.8, 4) is 11.5 Å². The number of nitrogens with zero attached hydrogens (tertiary/aromatic N) is 1. The van der Waals surface area contributed by atoms with Crippen LogP contribution in [0.25, 0.3) is 6.08 Å². The summed E-state index contributed by atoms with van der Waals surface area (Å²) in [5.74, 6) is 0.966. The fraction of sp³-hybridized carbons (Fsp3) is 0.217. The molecule has 1 aliphatic heterocycles. The lowest BCUT2D eigenvalue weighted by Gasteiger charge is -2.14. The summed E-state index contributed by atoms with van der Waals surface area (Å²) in [6.07, 6.45) is 4.11. The fourth-order valence-electron chi connectivity index (χ4n) is 3.12. The zero-order chi connectivity index (χ0) is 20.8. The minimum Gasteiger partial charge on any atom is -0.493 e. The second-order valence-corrected chi connectivity index (χ2v) is 7.38. The Morgan fingerprint density at radius 1 is 1.17 bits per heavy atom. The van der Waals surface area contributed by atoms with Gasteiger partial charge in [-0.05, 0) is 54.4 Å². The minimum atomic E-state index is -0.289. The quantitative estimate of drug-likeness (QED) is 0.451. The third kappa shape index (κ3) is 4.71. The van der Waals surface area contributed by atoms with Crippen LogP contribution in [0, 0.1) is 0 Å². The molecule has 0 spiro atoms. The molecule has 0 unspecified atom stereocenters. The van der Waals surface area contributed by atoms with Crippen molar-refractivity contribution in [2.24, 2.45) is 0 Å². The van der Waals surface area contributed by atoms with Crippen molar-refractivity contribution < 1.29 is 19.1 Å². The highest BCUT2D eigenvalue weighted by molar-refractivity contribution is 8.18. The lowest BCUT2D eigenvalue weighted by atomic mass is 10.0. The first-order valence-corrected chi connectivity index (χ1v) is 10.1. The number of ether oxygens (including phenoxy) is 2. The summed E-state index contributed by atoms with van der Waals surface area (Å²) in [5.41, 5.74) is 2.59. The molecule has 1 saturated heterocycles. The maximum absolute atomic E-state index is 12.8. The summed E-state index contributed by atoms with van der Waals surface area (Å²) in [6.45, 7) is 6.44. The summed E-state index contributed by atoms with van der Waals surface area (Å²) in [4.78, 5) is 26.9. The van der Waals surface area contributed by atoms with E-state index in [9.17, 15) is 9.59 Å². The number of hydrogen-bond acceptors (Lipinski definition) is 5. The number of rotatable bonds is 8. The minimum absolute atomic E-state index is 0.261. The first-order chi connectivity index (χ1) is 14.1. The number of amides is 2. The third-order valence-corrected chi connectivity index (χ3v) is 5.28. The molecular weight excluding hydrogens is 386 g/mol. The Morgan fingerprint density at radius 2 is 1.93 bits per heavy atom. The Morgan fingerprint density at radius 3 is 2.59 bits per heavy atom. The van der Waals surface area contributed by atoms with Crippen LogP contribution in [0.2, 0.25) is 0 Å². The average molecular weight is 410 g/mol. The summed E-state index contributed by atoms with van der Waals surface area (Å²) < 4.78 is 11.2. The van der Waals surface area contributed by atoms with E-state index in [1.807, 2.05) is 49.4 Å². The lowest BCUT2D eigenvalue weighted by molar-refractivity contribution is -0.123. The van der Waals surface area contributed by atoms with Crippen LogP contribution in [0.1, 0.15) is 23.6 Å². The molecule has 0 aliphatic carbocycles. The summed E-state index contributed by atoms with van der Waals surface area (Å²) >= 11 is 0.951. The van der Waals surface area contributed by atoms with Gasteiger partial charge in [-0.15, -0.1) is 6.58 Å². The topological polar surface area (TPSA) is 55.8 Å². The molecule has 2 aromatic rings. The van der Waals surface area contributed by atoms with Gasteiger partial charge in [0.1, 0.15) is 0 Å². The molecule has 0 atom stereocenters. The van der Waals surface area contributed by atoms with E-state index in [-0.39, 0.29) is 17.7 Å². The van der Waals surface area contributed by atoms with Gasteiger partial charge in [0, 0.05) is 5.56 Å². The molecule has 5 nitrogen and oxygen atoms in total. The molecule has 1 fully saturated rings. The average Bonchev–Trinajstić information content (AvgIpc) is 2.97. The molecule has 2 amide bonds. The maximum Gasteiger partial charge on any atom is 0.293 e. The normalized spacial score (nSPS) is 15.1. The van der Waals surface area contributed by atoms with Gasteiger partial charge in [-0.3, -0.25) is 14.5 Å². The Bertz CT molecular complexity index is 953. The number of methoxy groups -OCH3 is 1. The van der Waals surface area contributed by atoms with Crippen LogP contribution < -0.4 is 9.47 Å². The Kier molecular flexibility index (Phi) is 6.77. The maximum atomic E-state index is 12.8. The second-order valence-electron chi connectivity index (χ2n) is 6.39. The number of carbonyl (C=O) groups is 2. The van der Waals surface area contributed by atoms with E-state index in [1.165, 1.54) is 4.90 Å². The standard InChI is InChI=1S/C23H23NO4S/c1-4-9-18-12-17(13-19(28-5-2)21(18)27-3)14-20-22(25)24(23(26)29-20)15-16-10-7-6-8-11-16/h4,6-8,10-14H,1,5,9,15H2,2-3H3/b20-14-. The van der Waals surface area contributed by atoms with Gasteiger partial charge in [0.2, 0.25) is 0 Å². The van der Waals surface area contributed by atoms with Crippen molar-refractivity contribution in [3.05, 3.63) is 76.7 Å². The molecule has 1 aliphatic rings. The zero-order valence-corrected chi connectivity index (χ0v) is 17.3. The fourth-order valence-corrected chi connectivity index (χ4v) is 3.96. The molecule has 2 aromatic carbocycles. The van der Waals surface area contributed by atoms with Crippen molar-refractivity contribution in [3.63, 3.8) is 0 Å². The smallest absolute Gasteiger partial charge is 0.293 e. The van der Waals surface area contributed by atoms with Gasteiger partial charge in [0.05, 0.1) is 25.2 Å². The zero-order valence-electron chi connectivity index (χ0n) is 16.5. The van der Waals surface area contributed by atoms with Crippen LogP contribution in [-0.2, 0) is 17.8 Å². The molecule has 0 N–H and O–H groups in total. The van der Waals surface area contributed by atoms with Crippen LogP contribution in [0.4, 0.5) is 4.79 Å². The summed E-state index contributed by atoms with van der Waals surface area (Å²) in [5, 5.41) is -0.269. The van der Waals surface area contributed by atoms with Crippen molar-refractivity contribution in [1.29, 1.82) is 0 Å². The van der Waals surface area contributed by atoms with Gasteiger partial charge < -0.3 is 9.47 Å². The number of carbonyl (C=O) groups excluding carboxylic acids is 2. The molecule has 0 bridgehead atoms. The Labute approximate surface area is 175 Å². The van der Waals surface area contributed by atoms with Crippen molar-refractivity contribution >= 4 is 29.0 Å². The van der Waals surface area contributed by atoms with Crippen LogP contribution in [0.3, 0.4) is 0 Å². The molecule has 150 valence electrons. The SMILES string of the molecule is C=CCc1cc(/C=C2\SC(=O)N(Cc3ccccc3)C2=O)cc(OCC)c1OC. The highest BCUT2D eigenvalue weighted by Gasteiger charge is 2.35. The van der Waals surface area contributed by atoms with E-state index in [1.54, 1.807) is 19.3 Å². The first kappa shape index (κ1) is 20.7. The first-order valence-electron chi connectivity index (χ1n) is 9.31. The van der Waals surface area contributed by atoms with Crippen molar-refractivity contribution in [2.75, 3.05) is 13.7 Å². The van der Waals surface area contributed by atoms with Crippen molar-refractivity contribution in [1.82, 2.24) is 4.90 Å². The van der Waals surface area contributed by atoms with E-state index in [0.29, 0.717) is 29.4 Å². The lowest BCUT2D eigenvalue weighted by Crippen LogP contribution is -2.27. The summed E-state index contributed by atoms with van der Waals surface area (Å²) in [7, 11) is 1.60. The van der Waals surface area contributed by atoms with Gasteiger partial charge in [0.15, 0.2) is 11.5 Å². The van der Waals surface area contributed by atoms with E-state index in [2.05, 4.69) is 6.58 Å². The van der Waals surface area contributed by atoms with Crippen LogP contribution in [-0.4, -0.2) is 29.8 Å². The number of thioether (sulfide) groups is 1. The molecule has 0 aromatic heterocycles. The molecule has 29 heavy (non-hydrogen) atoms. The number of imide groups is 1. The van der Waals surface area contributed by atoms with Gasteiger partial charge >= 0.3 is 0 Å². The van der Waals surface area contributed by atoms with Crippen molar-refractivity contribution in [2.45, 2.75) is 19.9 Å². The van der Waals surface area contributed by atoms with Gasteiger partial charge in [0.25, 0.3) is 11.1 Å². The Balaban J connectivity index is 1.92. The van der Waals surface area contributed by atoms with Gasteiger partial charge in [-0.2, -0.15) is 0 Å². The molecule has 0 saturated carbocycles. The molecule has 3 rings (SSSR count). The molecular formula is C23H23NO4S. The number of allylic oxidation sites excluding steroid dienone is 1. The van der Waals surface area contributed by atoms with E-state index >= 15 is 0 Å².